The topological polar surface area (TPSA) is 62.7 Å². The molecule has 1 aliphatic carbocycles. The maximum absolute atomic E-state index is 13.9. The number of nitrogens with zero attached hydrogens (tertiary/aromatic N) is 2. The van der Waals surface area contributed by atoms with Crippen LogP contribution < -0.4 is 4.74 Å². The van der Waals surface area contributed by atoms with Crippen LogP contribution in [0.3, 0.4) is 0 Å². The molecule has 0 unspecified atom stereocenters. The van der Waals surface area contributed by atoms with E-state index >= 15 is 0 Å². The first-order valence-corrected chi connectivity index (χ1v) is 9.08. The molecule has 2 aromatic rings. The van der Waals surface area contributed by atoms with E-state index in [1.54, 1.807) is 12.3 Å². The average Bonchev–Trinajstić information content (AvgIpc) is 2.97. The van der Waals surface area contributed by atoms with Crippen molar-refractivity contribution in [3.63, 3.8) is 0 Å². The van der Waals surface area contributed by atoms with Gasteiger partial charge < -0.3 is 14.7 Å². The van der Waals surface area contributed by atoms with Gasteiger partial charge in [0, 0.05) is 24.8 Å². The lowest BCUT2D eigenvalue weighted by atomic mass is 9.95. The molecule has 2 aliphatic rings. The van der Waals surface area contributed by atoms with Gasteiger partial charge in [-0.05, 0) is 49.1 Å². The lowest BCUT2D eigenvalue weighted by Crippen LogP contribution is -2.35. The van der Waals surface area contributed by atoms with Crippen LogP contribution in [0.1, 0.15) is 47.2 Å². The van der Waals surface area contributed by atoms with Crippen LogP contribution in [0.4, 0.5) is 8.78 Å². The molecule has 142 valence electrons. The number of aliphatic hydroxyl groups is 1. The predicted molar refractivity (Wildman–Crippen MR) is 93.1 cm³/mol. The predicted octanol–water partition coefficient (Wildman–Crippen LogP) is 3.20. The van der Waals surface area contributed by atoms with E-state index < -0.39 is 17.7 Å². The van der Waals surface area contributed by atoms with Gasteiger partial charge in [-0.1, -0.05) is 6.42 Å². The van der Waals surface area contributed by atoms with Crippen LogP contribution in [0.2, 0.25) is 0 Å². The number of fused-ring (bicyclic) bond motifs is 1. The summed E-state index contributed by atoms with van der Waals surface area (Å²) in [5.41, 5.74) is 1.19. The number of carbonyl (C=O) groups is 1. The Morgan fingerprint density at radius 1 is 1.22 bits per heavy atom. The molecule has 27 heavy (non-hydrogen) atoms. The van der Waals surface area contributed by atoms with Crippen LogP contribution >= 0.6 is 0 Å². The average molecular weight is 374 g/mol. The smallest absolute Gasteiger partial charge is 0.260 e. The van der Waals surface area contributed by atoms with Gasteiger partial charge in [0.05, 0.1) is 6.10 Å². The molecular formula is C20H20F2N2O3. The van der Waals surface area contributed by atoms with E-state index in [2.05, 4.69) is 4.98 Å². The molecule has 1 aromatic heterocycles. The van der Waals surface area contributed by atoms with Gasteiger partial charge in [-0.25, -0.2) is 13.8 Å². The summed E-state index contributed by atoms with van der Waals surface area (Å²) in [6.07, 6.45) is 3.87. The third kappa shape index (κ3) is 3.51. The first kappa shape index (κ1) is 17.9. The molecule has 4 rings (SSSR count). The van der Waals surface area contributed by atoms with Gasteiger partial charge >= 0.3 is 0 Å². The number of benzene rings is 1. The van der Waals surface area contributed by atoms with E-state index in [1.165, 1.54) is 4.90 Å². The molecule has 1 amide bonds. The molecule has 0 radical (unpaired) electrons. The largest absolute Gasteiger partial charge is 0.471 e. The lowest BCUT2D eigenvalue weighted by Gasteiger charge is -2.28. The van der Waals surface area contributed by atoms with E-state index in [-0.39, 0.29) is 36.5 Å². The minimum atomic E-state index is -0.578. The number of halogens is 2. The van der Waals surface area contributed by atoms with E-state index in [1.807, 2.05) is 0 Å². The summed E-state index contributed by atoms with van der Waals surface area (Å²) in [6.45, 7) is 0.235. The Morgan fingerprint density at radius 3 is 2.85 bits per heavy atom. The molecule has 7 heteroatoms. The summed E-state index contributed by atoms with van der Waals surface area (Å²) in [4.78, 5) is 18.5. The quantitative estimate of drug-likeness (QED) is 0.893. The second kappa shape index (κ2) is 7.23. The highest BCUT2D eigenvalue weighted by Gasteiger charge is 2.34. The summed E-state index contributed by atoms with van der Waals surface area (Å²) < 4.78 is 33.2. The van der Waals surface area contributed by atoms with Crippen LogP contribution in [-0.4, -0.2) is 33.1 Å². The van der Waals surface area contributed by atoms with Crippen molar-refractivity contribution in [2.24, 2.45) is 0 Å². The summed E-state index contributed by atoms with van der Waals surface area (Å²) >= 11 is 0. The van der Waals surface area contributed by atoms with E-state index in [0.29, 0.717) is 18.4 Å². The number of hydrogen-bond acceptors (Lipinski definition) is 4. The summed E-state index contributed by atoms with van der Waals surface area (Å²) in [6, 6.07) is 4.92. The van der Waals surface area contributed by atoms with Crippen LogP contribution in [0.25, 0.3) is 0 Å². The zero-order valence-corrected chi connectivity index (χ0v) is 14.7. The summed E-state index contributed by atoms with van der Waals surface area (Å²) in [7, 11) is 0. The highest BCUT2D eigenvalue weighted by molar-refractivity contribution is 6.00. The molecule has 1 aromatic carbocycles. The fourth-order valence-corrected chi connectivity index (χ4v) is 3.72. The van der Waals surface area contributed by atoms with Crippen molar-refractivity contribution in [3.8, 4) is 5.88 Å². The van der Waals surface area contributed by atoms with Crippen molar-refractivity contribution in [3.05, 3.63) is 58.8 Å². The first-order chi connectivity index (χ1) is 13.0. The minimum absolute atomic E-state index is 0.0391. The fourth-order valence-electron chi connectivity index (χ4n) is 3.72. The third-order valence-corrected chi connectivity index (χ3v) is 5.16. The number of aliphatic hydroxyl groups excluding tert-OH is 1. The molecule has 1 saturated carbocycles. The number of hydrogen-bond donors (Lipinski definition) is 1. The van der Waals surface area contributed by atoms with Crippen LogP contribution in [0.5, 0.6) is 5.88 Å². The lowest BCUT2D eigenvalue weighted by molar-refractivity contribution is 0.00397. The number of aromatic nitrogens is 1. The van der Waals surface area contributed by atoms with Crippen LogP contribution in [0.15, 0.2) is 30.5 Å². The van der Waals surface area contributed by atoms with Crippen LogP contribution in [-0.2, 0) is 13.1 Å². The van der Waals surface area contributed by atoms with Crippen molar-refractivity contribution < 1.29 is 23.4 Å². The van der Waals surface area contributed by atoms with Gasteiger partial charge in [-0.3, -0.25) is 4.79 Å². The highest BCUT2D eigenvalue weighted by Crippen LogP contribution is 2.33. The van der Waals surface area contributed by atoms with E-state index in [4.69, 9.17) is 4.74 Å². The molecule has 1 aliphatic heterocycles. The Labute approximate surface area is 155 Å². The number of rotatable bonds is 4. The van der Waals surface area contributed by atoms with Gasteiger partial charge in [0.15, 0.2) is 0 Å². The maximum Gasteiger partial charge on any atom is 0.260 e. The van der Waals surface area contributed by atoms with Gasteiger partial charge in [-0.15, -0.1) is 0 Å². The highest BCUT2D eigenvalue weighted by atomic mass is 19.1. The molecule has 1 N–H and O–H groups in total. The SMILES string of the molecule is O=C1c2c(ccnc2O[C@@H]2CCCC[C@H]2O)CN1Cc1cc(F)ccc1F. The number of amides is 1. The molecule has 5 nitrogen and oxygen atoms in total. The zero-order chi connectivity index (χ0) is 19.0. The summed E-state index contributed by atoms with van der Waals surface area (Å²) in [5, 5.41) is 10.1. The monoisotopic (exact) mass is 374 g/mol. The first-order valence-electron chi connectivity index (χ1n) is 9.08. The molecule has 2 heterocycles. The number of pyridine rings is 1. The van der Waals surface area contributed by atoms with Gasteiger partial charge in [0.2, 0.25) is 5.88 Å². The Hall–Kier alpha value is -2.54. The van der Waals surface area contributed by atoms with E-state index in [9.17, 15) is 18.7 Å². The molecule has 0 saturated heterocycles. The second-order valence-electron chi connectivity index (χ2n) is 7.06. The van der Waals surface area contributed by atoms with Gasteiger partial charge in [0.1, 0.15) is 23.3 Å². The normalized spacial score (nSPS) is 22.0. The fraction of sp³-hybridized carbons (Fsp3) is 0.400. The molecule has 0 bridgehead atoms. The van der Waals surface area contributed by atoms with Crippen molar-refractivity contribution >= 4 is 5.91 Å². The Kier molecular flexibility index (Phi) is 4.78. The van der Waals surface area contributed by atoms with Gasteiger partial charge in [0.25, 0.3) is 5.91 Å². The van der Waals surface area contributed by atoms with Crippen molar-refractivity contribution in [1.82, 2.24) is 9.88 Å². The molecule has 1 fully saturated rings. The zero-order valence-electron chi connectivity index (χ0n) is 14.7. The summed E-state index contributed by atoms with van der Waals surface area (Å²) in [5.74, 6) is -1.24. The molecule has 0 spiro atoms. The minimum Gasteiger partial charge on any atom is -0.471 e. The standard InChI is InChI=1S/C20H20F2N2O3/c21-14-5-6-15(22)13(9-14)11-24-10-12-7-8-23-19(18(12)20(24)26)27-17-4-2-1-3-16(17)25/h5-9,16-17,25H,1-4,10-11H2/t16-,17-/m1/s1. The Balaban J connectivity index is 1.56. The number of carbonyl (C=O) groups excluding carboxylic acids is 1. The number of ether oxygens (including phenoxy) is 1. The molecular weight excluding hydrogens is 354 g/mol. The van der Waals surface area contributed by atoms with Gasteiger partial charge in [-0.2, -0.15) is 0 Å². The van der Waals surface area contributed by atoms with Crippen molar-refractivity contribution in [1.29, 1.82) is 0 Å². The Bertz CT molecular complexity index is 874. The molecule has 2 atom stereocenters. The third-order valence-electron chi connectivity index (χ3n) is 5.16. The van der Waals surface area contributed by atoms with E-state index in [0.717, 1.165) is 36.6 Å². The second-order valence-corrected chi connectivity index (χ2v) is 7.06. The van der Waals surface area contributed by atoms with Crippen molar-refractivity contribution in [2.75, 3.05) is 0 Å². The Morgan fingerprint density at radius 2 is 2.04 bits per heavy atom. The van der Waals surface area contributed by atoms with Crippen molar-refractivity contribution in [2.45, 2.75) is 51.0 Å². The van der Waals surface area contributed by atoms with Crippen LogP contribution in [0, 0.1) is 11.6 Å². The maximum atomic E-state index is 13.9.